The molecule has 5 heteroatoms. The van der Waals surface area contributed by atoms with Gasteiger partial charge in [-0.15, -0.1) is 0 Å². The van der Waals surface area contributed by atoms with E-state index in [1.54, 1.807) is 0 Å². The van der Waals surface area contributed by atoms with Gasteiger partial charge in [0.1, 0.15) is 0 Å². The Morgan fingerprint density at radius 1 is 1.30 bits per heavy atom. The number of carbonyl (C=O) groups is 1. The maximum absolute atomic E-state index is 12.6. The standard InChI is InChI=1S/C18H26N4O/c1-3-10-22-16-7-5-4-6-15(16)17(20-22)18(23)19-13-14-8-11-21(2)12-9-14/h4-7,14H,3,8-13H2,1-2H3,(H,19,23). The molecular formula is C18H26N4O. The van der Waals surface area contributed by atoms with Crippen LogP contribution in [0.15, 0.2) is 24.3 Å². The van der Waals surface area contributed by atoms with Crippen molar-refractivity contribution >= 4 is 16.8 Å². The van der Waals surface area contributed by atoms with Gasteiger partial charge in [0.2, 0.25) is 0 Å². The van der Waals surface area contributed by atoms with E-state index in [0.717, 1.165) is 56.3 Å². The number of nitrogens with one attached hydrogen (secondary N) is 1. The molecule has 0 bridgehead atoms. The molecule has 1 amide bonds. The average Bonchev–Trinajstić information content (AvgIpc) is 2.94. The Balaban J connectivity index is 1.71. The molecule has 5 nitrogen and oxygen atoms in total. The number of hydrogen-bond acceptors (Lipinski definition) is 3. The number of amides is 1. The van der Waals surface area contributed by atoms with Crippen molar-refractivity contribution < 1.29 is 4.79 Å². The van der Waals surface area contributed by atoms with E-state index in [9.17, 15) is 4.79 Å². The van der Waals surface area contributed by atoms with E-state index in [4.69, 9.17) is 0 Å². The summed E-state index contributed by atoms with van der Waals surface area (Å²) in [5.74, 6) is 0.536. The maximum atomic E-state index is 12.6. The lowest BCUT2D eigenvalue weighted by molar-refractivity contribution is 0.0934. The van der Waals surface area contributed by atoms with Crippen LogP contribution in [-0.2, 0) is 6.54 Å². The molecule has 1 aliphatic heterocycles. The molecular weight excluding hydrogens is 288 g/mol. The highest BCUT2D eigenvalue weighted by atomic mass is 16.1. The van der Waals surface area contributed by atoms with Crippen molar-refractivity contribution in [3.63, 3.8) is 0 Å². The minimum atomic E-state index is -0.0463. The summed E-state index contributed by atoms with van der Waals surface area (Å²) in [6.45, 7) is 5.95. The predicted octanol–water partition coefficient (Wildman–Crippen LogP) is 2.52. The molecule has 0 saturated carbocycles. The third-order valence-corrected chi connectivity index (χ3v) is 4.70. The molecule has 1 fully saturated rings. The highest BCUT2D eigenvalue weighted by molar-refractivity contribution is 6.04. The van der Waals surface area contributed by atoms with Gasteiger partial charge >= 0.3 is 0 Å². The summed E-state index contributed by atoms with van der Waals surface area (Å²) in [6.07, 6.45) is 3.31. The van der Waals surface area contributed by atoms with Crippen LogP contribution in [0.2, 0.25) is 0 Å². The van der Waals surface area contributed by atoms with Gasteiger partial charge in [0.05, 0.1) is 5.52 Å². The Bertz CT molecular complexity index is 671. The lowest BCUT2D eigenvalue weighted by Gasteiger charge is -2.28. The maximum Gasteiger partial charge on any atom is 0.272 e. The lowest BCUT2D eigenvalue weighted by Crippen LogP contribution is -2.37. The smallest absolute Gasteiger partial charge is 0.272 e. The second kappa shape index (κ2) is 7.13. The lowest BCUT2D eigenvalue weighted by atomic mass is 9.97. The largest absolute Gasteiger partial charge is 0.350 e. The molecule has 0 atom stereocenters. The normalized spacial score (nSPS) is 16.8. The van der Waals surface area contributed by atoms with Crippen molar-refractivity contribution in [2.75, 3.05) is 26.7 Å². The number of hydrogen-bond donors (Lipinski definition) is 1. The molecule has 1 aliphatic rings. The summed E-state index contributed by atoms with van der Waals surface area (Å²) in [7, 11) is 2.15. The number of rotatable bonds is 5. The second-order valence-electron chi connectivity index (χ2n) is 6.55. The topological polar surface area (TPSA) is 50.2 Å². The summed E-state index contributed by atoms with van der Waals surface area (Å²) in [4.78, 5) is 14.9. The van der Waals surface area contributed by atoms with E-state index in [0.29, 0.717) is 11.6 Å². The van der Waals surface area contributed by atoms with E-state index < -0.39 is 0 Å². The Morgan fingerprint density at radius 3 is 2.78 bits per heavy atom. The monoisotopic (exact) mass is 314 g/mol. The zero-order valence-electron chi connectivity index (χ0n) is 14.1. The fourth-order valence-electron chi connectivity index (χ4n) is 3.26. The highest BCUT2D eigenvalue weighted by Crippen LogP contribution is 2.19. The first kappa shape index (κ1) is 16.0. The van der Waals surface area contributed by atoms with Crippen molar-refractivity contribution in [1.29, 1.82) is 0 Å². The van der Waals surface area contributed by atoms with Gasteiger partial charge in [-0.1, -0.05) is 25.1 Å². The van der Waals surface area contributed by atoms with Crippen LogP contribution < -0.4 is 5.32 Å². The molecule has 1 N–H and O–H groups in total. The minimum Gasteiger partial charge on any atom is -0.350 e. The molecule has 0 aliphatic carbocycles. The summed E-state index contributed by atoms with van der Waals surface area (Å²) in [5, 5.41) is 8.60. The van der Waals surface area contributed by atoms with Crippen LogP contribution >= 0.6 is 0 Å². The third kappa shape index (κ3) is 3.55. The first-order valence-corrected chi connectivity index (χ1v) is 8.61. The molecule has 3 rings (SSSR count). The van der Waals surface area contributed by atoms with E-state index in [1.165, 1.54) is 0 Å². The number of carbonyl (C=O) groups excluding carboxylic acids is 1. The van der Waals surface area contributed by atoms with Crippen LogP contribution in [0.25, 0.3) is 10.9 Å². The van der Waals surface area contributed by atoms with Gasteiger partial charge in [0.25, 0.3) is 5.91 Å². The molecule has 1 aromatic carbocycles. The van der Waals surface area contributed by atoms with Crippen LogP contribution in [0.1, 0.15) is 36.7 Å². The highest BCUT2D eigenvalue weighted by Gasteiger charge is 2.20. The molecule has 23 heavy (non-hydrogen) atoms. The van der Waals surface area contributed by atoms with Crippen molar-refractivity contribution in [3.8, 4) is 0 Å². The number of aromatic nitrogens is 2. The number of nitrogens with zero attached hydrogens (tertiary/aromatic N) is 3. The molecule has 1 saturated heterocycles. The third-order valence-electron chi connectivity index (χ3n) is 4.70. The Hall–Kier alpha value is -1.88. The van der Waals surface area contributed by atoms with Crippen LogP contribution in [0.4, 0.5) is 0 Å². The number of para-hydroxylation sites is 1. The molecule has 2 aromatic rings. The quantitative estimate of drug-likeness (QED) is 0.922. The van der Waals surface area contributed by atoms with Gasteiger partial charge in [-0.25, -0.2) is 0 Å². The number of fused-ring (bicyclic) bond motifs is 1. The van der Waals surface area contributed by atoms with E-state index in [2.05, 4.69) is 29.3 Å². The Labute approximate surface area is 137 Å². The number of likely N-dealkylation sites (tertiary alicyclic amines) is 1. The van der Waals surface area contributed by atoms with E-state index in [1.807, 2.05) is 28.9 Å². The van der Waals surface area contributed by atoms with Gasteiger partial charge < -0.3 is 10.2 Å². The van der Waals surface area contributed by atoms with Gasteiger partial charge in [-0.2, -0.15) is 5.10 Å². The predicted molar refractivity (Wildman–Crippen MR) is 92.6 cm³/mol. The summed E-state index contributed by atoms with van der Waals surface area (Å²) in [5.41, 5.74) is 1.60. The fourth-order valence-corrected chi connectivity index (χ4v) is 3.26. The number of aryl methyl sites for hydroxylation is 1. The molecule has 0 spiro atoms. The second-order valence-corrected chi connectivity index (χ2v) is 6.55. The zero-order valence-corrected chi connectivity index (χ0v) is 14.1. The van der Waals surface area contributed by atoms with Crippen LogP contribution in [0.3, 0.4) is 0 Å². The van der Waals surface area contributed by atoms with Gasteiger partial charge in [0.15, 0.2) is 5.69 Å². The molecule has 0 unspecified atom stereocenters. The Morgan fingerprint density at radius 2 is 2.04 bits per heavy atom. The van der Waals surface area contributed by atoms with Crippen molar-refractivity contribution in [2.45, 2.75) is 32.7 Å². The first-order chi connectivity index (χ1) is 11.2. The average molecular weight is 314 g/mol. The van der Waals surface area contributed by atoms with Gasteiger partial charge in [-0.3, -0.25) is 9.48 Å². The summed E-state index contributed by atoms with van der Waals surface area (Å²) in [6, 6.07) is 7.98. The van der Waals surface area contributed by atoms with Crippen LogP contribution in [-0.4, -0.2) is 47.3 Å². The minimum absolute atomic E-state index is 0.0463. The zero-order chi connectivity index (χ0) is 16.2. The summed E-state index contributed by atoms with van der Waals surface area (Å²) >= 11 is 0. The van der Waals surface area contributed by atoms with Crippen molar-refractivity contribution in [3.05, 3.63) is 30.0 Å². The van der Waals surface area contributed by atoms with Gasteiger partial charge in [-0.05, 0) is 51.4 Å². The fraction of sp³-hybridized carbons (Fsp3) is 0.556. The van der Waals surface area contributed by atoms with Crippen LogP contribution in [0.5, 0.6) is 0 Å². The van der Waals surface area contributed by atoms with Crippen molar-refractivity contribution in [1.82, 2.24) is 20.0 Å². The summed E-state index contributed by atoms with van der Waals surface area (Å²) < 4.78 is 1.94. The van der Waals surface area contributed by atoms with E-state index in [-0.39, 0.29) is 5.91 Å². The number of piperidine rings is 1. The number of benzene rings is 1. The molecule has 2 heterocycles. The molecule has 0 radical (unpaired) electrons. The first-order valence-electron chi connectivity index (χ1n) is 8.61. The van der Waals surface area contributed by atoms with Crippen LogP contribution in [0, 0.1) is 5.92 Å². The van der Waals surface area contributed by atoms with Gasteiger partial charge in [0, 0.05) is 18.5 Å². The van der Waals surface area contributed by atoms with E-state index >= 15 is 0 Å². The SMILES string of the molecule is CCCn1nc(C(=O)NCC2CCN(C)CC2)c2ccccc21. The molecule has 124 valence electrons. The van der Waals surface area contributed by atoms with Crippen molar-refractivity contribution in [2.24, 2.45) is 5.92 Å². The molecule has 1 aromatic heterocycles. The Kier molecular flexibility index (Phi) is 4.96.